The van der Waals surface area contributed by atoms with Gasteiger partial charge in [-0.25, -0.2) is 19.4 Å². The summed E-state index contributed by atoms with van der Waals surface area (Å²) < 4.78 is 26.7. The van der Waals surface area contributed by atoms with Crippen LogP contribution in [0.2, 0.25) is 0 Å². The second-order valence-electron chi connectivity index (χ2n) is 15.6. The molecule has 0 unspecified atom stereocenters. The van der Waals surface area contributed by atoms with Crippen LogP contribution in [0.15, 0.2) is 89.4 Å². The fourth-order valence-corrected chi connectivity index (χ4v) is 7.14. The van der Waals surface area contributed by atoms with Crippen LogP contribution in [0.25, 0.3) is 0 Å². The summed E-state index contributed by atoms with van der Waals surface area (Å²) in [5, 5.41) is 0. The number of unbranched alkanes of at least 4 members (excludes halogenated alkanes) is 2. The number of hydrogen-bond donors (Lipinski definition) is 0. The molecule has 15 nitrogen and oxygen atoms in total. The molecule has 4 amide bonds. The van der Waals surface area contributed by atoms with Crippen molar-refractivity contribution >= 4 is 47.5 Å². The number of imide groups is 2. The molecule has 0 radical (unpaired) electrons. The van der Waals surface area contributed by atoms with Crippen LogP contribution in [0.3, 0.4) is 0 Å². The first kappa shape index (κ1) is 49.3. The number of allylic oxidation sites excluding steroid dienone is 1. The zero-order valence-corrected chi connectivity index (χ0v) is 36.8. The lowest BCUT2D eigenvalue weighted by atomic mass is 9.97. The van der Waals surface area contributed by atoms with E-state index in [2.05, 4.69) is 6.92 Å². The molecule has 6 atom stereocenters. The summed E-state index contributed by atoms with van der Waals surface area (Å²) in [4.78, 5) is 101. The van der Waals surface area contributed by atoms with Crippen LogP contribution in [0.5, 0.6) is 0 Å². The largest absolute Gasteiger partial charge is 0.462 e. The molecule has 15 heteroatoms. The highest BCUT2D eigenvalue weighted by Gasteiger charge is 2.45. The van der Waals surface area contributed by atoms with E-state index in [0.717, 1.165) is 71.4 Å². The van der Waals surface area contributed by atoms with Gasteiger partial charge in [0.05, 0.1) is 23.9 Å². The van der Waals surface area contributed by atoms with Gasteiger partial charge in [0.1, 0.15) is 24.7 Å². The Morgan fingerprint density at radius 1 is 0.683 bits per heavy atom. The summed E-state index contributed by atoms with van der Waals surface area (Å²) in [6.07, 6.45) is 3.78. The normalized spacial score (nSPS) is 17.7. The molecule has 2 aliphatic rings. The van der Waals surface area contributed by atoms with Gasteiger partial charge in [0, 0.05) is 26.7 Å². The van der Waals surface area contributed by atoms with Crippen molar-refractivity contribution in [3.63, 3.8) is 0 Å². The summed E-state index contributed by atoms with van der Waals surface area (Å²) in [6.45, 7) is 9.65. The summed E-state index contributed by atoms with van der Waals surface area (Å²) in [6, 6.07) is 21.5. The SMILES string of the molecule is CCCCC(=O)/C=C/C(=O)[C@@H](OC(C)=O)[C@H](C)C(=O)N1C(=O)OC[C@@H]1Cc1ccccc1.CCCCc1ccc([C@@H](OC(C)=O)[C@H](C)C(=O)N2C(=O)OC[C@@H]2Cc2ccccc2)o1. The minimum atomic E-state index is -1.46. The lowest BCUT2D eigenvalue weighted by Gasteiger charge is -2.27. The van der Waals surface area contributed by atoms with Crippen molar-refractivity contribution in [2.24, 2.45) is 11.8 Å². The van der Waals surface area contributed by atoms with Crippen LogP contribution >= 0.6 is 0 Å². The van der Waals surface area contributed by atoms with Gasteiger partial charge in [-0.15, -0.1) is 0 Å². The standard InChI is InChI=1S/C24H29NO7.C24H29NO6/c1-4-5-11-20(27)12-13-21(28)22(32-17(3)26)16(2)23(29)25-19(15-31-24(25)30)14-18-9-7-6-8-10-18;1-4-5-11-20-12-13-21(31-20)22(30-17(3)26)16(2)23(27)25-19(15-29-24(25)28)14-18-9-7-6-8-10-18/h6-10,12-13,16,19,22H,4-5,11,14-15H2,1-3H3;6-10,12-13,16,19,22H,4-5,11,14-15H2,1-3H3/b13-12+;/t2*16-,19-,22-/m00/s1. The number of rotatable bonds is 20. The Morgan fingerprint density at radius 3 is 1.68 bits per heavy atom. The van der Waals surface area contributed by atoms with Crippen molar-refractivity contribution in [2.75, 3.05) is 13.2 Å². The maximum absolute atomic E-state index is 13.3. The van der Waals surface area contributed by atoms with E-state index in [1.54, 1.807) is 13.0 Å². The number of cyclic esters (lactones) is 2. The maximum atomic E-state index is 13.3. The van der Waals surface area contributed by atoms with Crippen molar-refractivity contribution in [1.29, 1.82) is 0 Å². The highest BCUT2D eigenvalue weighted by atomic mass is 16.6. The first-order chi connectivity index (χ1) is 30.1. The van der Waals surface area contributed by atoms with Gasteiger partial charge in [-0.3, -0.25) is 28.8 Å². The van der Waals surface area contributed by atoms with Crippen molar-refractivity contribution < 1.29 is 61.7 Å². The predicted octanol–water partition coefficient (Wildman–Crippen LogP) is 7.48. The third-order valence-corrected chi connectivity index (χ3v) is 10.5. The Labute approximate surface area is 368 Å². The molecule has 0 saturated carbocycles. The van der Waals surface area contributed by atoms with E-state index in [4.69, 9.17) is 23.4 Å². The van der Waals surface area contributed by atoms with E-state index >= 15 is 0 Å². The Balaban J connectivity index is 0.000000277. The monoisotopic (exact) mass is 870 g/mol. The van der Waals surface area contributed by atoms with E-state index in [1.165, 1.54) is 13.8 Å². The summed E-state index contributed by atoms with van der Waals surface area (Å²) in [7, 11) is 0. The molecular formula is C48H58N2O13. The smallest absolute Gasteiger partial charge is 0.416 e. The van der Waals surface area contributed by atoms with Crippen LogP contribution < -0.4 is 0 Å². The Morgan fingerprint density at radius 2 is 1.19 bits per heavy atom. The summed E-state index contributed by atoms with van der Waals surface area (Å²) in [5.74, 6) is -4.14. The first-order valence-corrected chi connectivity index (χ1v) is 21.4. The van der Waals surface area contributed by atoms with Crippen LogP contribution in [-0.2, 0) is 67.0 Å². The molecule has 338 valence electrons. The number of aryl methyl sites for hydroxylation is 1. The molecule has 1 aromatic heterocycles. The molecule has 2 aliphatic heterocycles. The highest BCUT2D eigenvalue weighted by Crippen LogP contribution is 2.32. The molecular weight excluding hydrogens is 813 g/mol. The van der Waals surface area contributed by atoms with Gasteiger partial charge in [-0.2, -0.15) is 0 Å². The van der Waals surface area contributed by atoms with Crippen molar-refractivity contribution in [1.82, 2.24) is 9.80 Å². The number of benzene rings is 2. The fourth-order valence-electron chi connectivity index (χ4n) is 7.14. The van der Waals surface area contributed by atoms with Crippen LogP contribution in [0, 0.1) is 11.8 Å². The second-order valence-corrected chi connectivity index (χ2v) is 15.6. The first-order valence-electron chi connectivity index (χ1n) is 21.4. The third-order valence-electron chi connectivity index (χ3n) is 10.5. The van der Waals surface area contributed by atoms with E-state index < -0.39 is 77.9 Å². The zero-order chi connectivity index (χ0) is 46.1. The van der Waals surface area contributed by atoms with Gasteiger partial charge in [0.25, 0.3) is 0 Å². The van der Waals surface area contributed by atoms with Gasteiger partial charge in [-0.05, 0) is 74.9 Å². The number of hydrogen-bond acceptors (Lipinski definition) is 13. The van der Waals surface area contributed by atoms with Crippen LogP contribution in [0.1, 0.15) is 102 Å². The molecule has 0 N–H and O–H groups in total. The Bertz CT molecular complexity index is 2080. The maximum Gasteiger partial charge on any atom is 0.416 e. The second kappa shape index (κ2) is 24.3. The van der Waals surface area contributed by atoms with E-state index in [9.17, 15) is 38.4 Å². The highest BCUT2D eigenvalue weighted by molar-refractivity contribution is 6.04. The molecule has 0 aliphatic carbocycles. The molecule has 2 aromatic carbocycles. The predicted molar refractivity (Wildman–Crippen MR) is 229 cm³/mol. The van der Waals surface area contributed by atoms with E-state index in [0.29, 0.717) is 31.4 Å². The topological polar surface area (TPSA) is 193 Å². The Hall–Kier alpha value is -6.38. The Kier molecular flexibility index (Phi) is 19.0. The molecule has 2 fully saturated rings. The van der Waals surface area contributed by atoms with Gasteiger partial charge < -0.3 is 23.4 Å². The average Bonchev–Trinajstić information content (AvgIpc) is 4.00. The number of furan rings is 1. The molecule has 3 aromatic rings. The van der Waals surface area contributed by atoms with Crippen LogP contribution in [-0.4, -0.2) is 88.7 Å². The third kappa shape index (κ3) is 14.3. The van der Waals surface area contributed by atoms with Crippen molar-refractivity contribution in [3.8, 4) is 0 Å². The number of nitrogens with zero attached hydrogens (tertiary/aromatic N) is 2. The minimum Gasteiger partial charge on any atom is -0.462 e. The molecule has 63 heavy (non-hydrogen) atoms. The van der Waals surface area contributed by atoms with Gasteiger partial charge in [-0.1, -0.05) is 87.4 Å². The fraction of sp³-hybridized carbons (Fsp3) is 0.458. The quantitative estimate of drug-likeness (QED) is 0.0617. The average molecular weight is 871 g/mol. The lowest BCUT2D eigenvalue weighted by molar-refractivity contribution is -0.158. The van der Waals surface area contributed by atoms with E-state index in [-0.39, 0.29) is 19.0 Å². The van der Waals surface area contributed by atoms with Gasteiger partial charge in [0.15, 0.2) is 23.8 Å². The summed E-state index contributed by atoms with van der Waals surface area (Å²) >= 11 is 0. The number of ether oxygens (including phenoxy) is 4. The molecule has 5 rings (SSSR count). The number of amides is 4. The van der Waals surface area contributed by atoms with Gasteiger partial charge >= 0.3 is 24.1 Å². The number of carbonyl (C=O) groups is 8. The lowest BCUT2D eigenvalue weighted by Crippen LogP contribution is -2.48. The zero-order valence-electron chi connectivity index (χ0n) is 36.8. The van der Waals surface area contributed by atoms with Crippen LogP contribution in [0.4, 0.5) is 9.59 Å². The number of esters is 2. The number of carbonyl (C=O) groups excluding carboxylic acids is 8. The number of ketones is 2. The molecule has 0 bridgehead atoms. The van der Waals surface area contributed by atoms with Gasteiger partial charge in [0.2, 0.25) is 11.8 Å². The molecule has 3 heterocycles. The molecule has 0 spiro atoms. The molecule has 2 saturated heterocycles. The van der Waals surface area contributed by atoms with E-state index in [1.807, 2.05) is 73.7 Å². The minimum absolute atomic E-state index is 0.0319. The van der Waals surface area contributed by atoms with Crippen molar-refractivity contribution in [3.05, 3.63) is 108 Å². The summed E-state index contributed by atoms with van der Waals surface area (Å²) in [5.41, 5.74) is 1.92. The van der Waals surface area contributed by atoms with Crippen molar-refractivity contribution in [2.45, 2.75) is 117 Å².